The number of Topliss-reactive ketones (excluding diaryl/α,β-unsaturated/α-hetero) is 1. The minimum atomic E-state index is -0.558. The minimum absolute atomic E-state index is 0.109. The molecule has 0 aromatic heterocycles. The van der Waals surface area contributed by atoms with E-state index in [0.29, 0.717) is 11.1 Å². The summed E-state index contributed by atoms with van der Waals surface area (Å²) in [6.07, 6.45) is 3.14. The number of ketones is 1. The van der Waals surface area contributed by atoms with Crippen molar-refractivity contribution in [2.75, 3.05) is 19.1 Å². The van der Waals surface area contributed by atoms with Gasteiger partial charge in [0.25, 0.3) is 0 Å². The summed E-state index contributed by atoms with van der Waals surface area (Å²) in [5, 5.41) is 0. The van der Waals surface area contributed by atoms with Crippen molar-refractivity contribution >= 4 is 23.4 Å². The molecule has 1 rings (SSSR count). The number of hydrogen-bond acceptors (Lipinski definition) is 4. The first kappa shape index (κ1) is 13.5. The SMILES string of the molecule is C=C1C=C(C)C(=O)C(OCC(=O)OCCCl)=C1. The first-order valence-corrected chi connectivity index (χ1v) is 5.56. The van der Waals surface area contributed by atoms with Gasteiger partial charge < -0.3 is 9.47 Å². The van der Waals surface area contributed by atoms with E-state index in [-0.39, 0.29) is 30.6 Å². The molecule has 0 heterocycles. The van der Waals surface area contributed by atoms with Gasteiger partial charge in [-0.1, -0.05) is 6.58 Å². The zero-order valence-electron chi connectivity index (χ0n) is 9.49. The van der Waals surface area contributed by atoms with Crippen molar-refractivity contribution in [3.63, 3.8) is 0 Å². The largest absolute Gasteiger partial charge is 0.478 e. The molecule has 0 unspecified atom stereocenters. The molecular weight excluding hydrogens is 244 g/mol. The van der Waals surface area contributed by atoms with Crippen LogP contribution in [0.1, 0.15) is 6.92 Å². The van der Waals surface area contributed by atoms with Crippen LogP contribution in [0.5, 0.6) is 0 Å². The summed E-state index contributed by atoms with van der Waals surface area (Å²) >= 11 is 5.35. The summed E-state index contributed by atoms with van der Waals surface area (Å²) in [7, 11) is 0. The van der Waals surface area contributed by atoms with E-state index in [4.69, 9.17) is 21.1 Å². The highest BCUT2D eigenvalue weighted by atomic mass is 35.5. The molecule has 0 bridgehead atoms. The van der Waals surface area contributed by atoms with Crippen LogP contribution in [0.15, 0.2) is 35.6 Å². The lowest BCUT2D eigenvalue weighted by Crippen LogP contribution is -2.18. The Kier molecular flexibility index (Phi) is 4.97. The minimum Gasteiger partial charge on any atom is -0.478 e. The molecule has 0 N–H and O–H groups in total. The molecule has 1 aliphatic carbocycles. The van der Waals surface area contributed by atoms with Gasteiger partial charge in [-0.25, -0.2) is 4.79 Å². The molecule has 0 saturated carbocycles. The summed E-state index contributed by atoms with van der Waals surface area (Å²) < 4.78 is 9.79. The van der Waals surface area contributed by atoms with Crippen molar-refractivity contribution in [2.24, 2.45) is 0 Å². The number of alkyl halides is 1. The highest BCUT2D eigenvalue weighted by Gasteiger charge is 2.18. The third-order valence-electron chi connectivity index (χ3n) is 1.99. The van der Waals surface area contributed by atoms with Crippen LogP contribution in [0, 0.1) is 0 Å². The Labute approximate surface area is 105 Å². The number of esters is 1. The van der Waals surface area contributed by atoms with Crippen LogP contribution in [0.25, 0.3) is 0 Å². The van der Waals surface area contributed by atoms with E-state index in [0.717, 1.165) is 0 Å². The molecule has 0 aromatic rings. The molecule has 0 fully saturated rings. The highest BCUT2D eigenvalue weighted by Crippen LogP contribution is 2.18. The fourth-order valence-corrected chi connectivity index (χ4v) is 1.33. The van der Waals surface area contributed by atoms with Crippen molar-refractivity contribution in [3.8, 4) is 0 Å². The van der Waals surface area contributed by atoms with Crippen molar-refractivity contribution in [1.82, 2.24) is 0 Å². The highest BCUT2D eigenvalue weighted by molar-refractivity contribution is 6.18. The summed E-state index contributed by atoms with van der Waals surface area (Å²) in [5.41, 5.74) is 1.19. The van der Waals surface area contributed by atoms with E-state index in [1.165, 1.54) is 6.08 Å². The summed E-state index contributed by atoms with van der Waals surface area (Å²) in [5.74, 6) is -0.469. The van der Waals surface area contributed by atoms with Crippen LogP contribution in [0.4, 0.5) is 0 Å². The van der Waals surface area contributed by atoms with E-state index in [1.807, 2.05) is 0 Å². The summed E-state index contributed by atoms with van der Waals surface area (Å²) in [4.78, 5) is 22.8. The number of allylic oxidation sites excluding steroid dienone is 4. The predicted octanol–water partition coefficient (Wildman–Crippen LogP) is 1.75. The monoisotopic (exact) mass is 256 g/mol. The average Bonchev–Trinajstić information content (AvgIpc) is 2.29. The van der Waals surface area contributed by atoms with Crippen molar-refractivity contribution in [2.45, 2.75) is 6.92 Å². The molecule has 1 aliphatic rings. The van der Waals surface area contributed by atoms with Crippen LogP contribution in [0.2, 0.25) is 0 Å². The summed E-state index contributed by atoms with van der Waals surface area (Å²) in [6.45, 7) is 5.19. The van der Waals surface area contributed by atoms with Crippen LogP contribution < -0.4 is 0 Å². The molecule has 0 aliphatic heterocycles. The van der Waals surface area contributed by atoms with Gasteiger partial charge in [0.15, 0.2) is 12.4 Å². The van der Waals surface area contributed by atoms with Gasteiger partial charge in [0.05, 0.1) is 5.88 Å². The second-order valence-electron chi connectivity index (χ2n) is 3.44. The smallest absolute Gasteiger partial charge is 0.344 e. The fourth-order valence-electron chi connectivity index (χ4n) is 1.25. The Morgan fingerprint density at radius 3 is 2.82 bits per heavy atom. The average molecular weight is 257 g/mol. The van der Waals surface area contributed by atoms with E-state index >= 15 is 0 Å². The van der Waals surface area contributed by atoms with Gasteiger partial charge in [0.1, 0.15) is 6.61 Å². The van der Waals surface area contributed by atoms with Crippen molar-refractivity contribution in [3.05, 3.63) is 35.6 Å². The number of halogens is 1. The van der Waals surface area contributed by atoms with Gasteiger partial charge >= 0.3 is 5.97 Å². The van der Waals surface area contributed by atoms with Crippen LogP contribution >= 0.6 is 11.6 Å². The van der Waals surface area contributed by atoms with E-state index in [2.05, 4.69) is 6.58 Å². The maximum Gasteiger partial charge on any atom is 0.344 e. The third-order valence-corrected chi connectivity index (χ3v) is 2.14. The Morgan fingerprint density at radius 1 is 1.47 bits per heavy atom. The molecule has 0 aromatic carbocycles. The molecule has 92 valence electrons. The van der Waals surface area contributed by atoms with Crippen LogP contribution in [-0.2, 0) is 19.1 Å². The molecule has 4 nitrogen and oxygen atoms in total. The Bertz CT molecular complexity index is 407. The number of carbonyl (C=O) groups is 2. The van der Waals surface area contributed by atoms with Crippen molar-refractivity contribution in [1.29, 1.82) is 0 Å². The van der Waals surface area contributed by atoms with Gasteiger partial charge in [-0.15, -0.1) is 11.6 Å². The Morgan fingerprint density at radius 2 is 2.18 bits per heavy atom. The molecule has 17 heavy (non-hydrogen) atoms. The lowest BCUT2D eigenvalue weighted by atomic mass is 10.0. The first-order valence-electron chi connectivity index (χ1n) is 5.02. The van der Waals surface area contributed by atoms with Gasteiger partial charge in [-0.2, -0.15) is 0 Å². The maximum absolute atomic E-state index is 11.6. The molecule has 0 radical (unpaired) electrons. The normalized spacial score (nSPS) is 15.2. The quantitative estimate of drug-likeness (QED) is 0.556. The van der Waals surface area contributed by atoms with Gasteiger partial charge in [-0.3, -0.25) is 4.79 Å². The van der Waals surface area contributed by atoms with E-state index < -0.39 is 5.97 Å². The van der Waals surface area contributed by atoms with Gasteiger partial charge in [-0.05, 0) is 24.6 Å². The molecule has 0 amide bonds. The molecule has 0 saturated heterocycles. The Balaban J connectivity index is 2.50. The molecule has 5 heteroatoms. The second kappa shape index (κ2) is 6.25. The predicted molar refractivity (Wildman–Crippen MR) is 63.6 cm³/mol. The van der Waals surface area contributed by atoms with Gasteiger partial charge in [0.2, 0.25) is 5.78 Å². The lowest BCUT2D eigenvalue weighted by molar-refractivity contribution is -0.147. The zero-order chi connectivity index (χ0) is 12.8. The molecular formula is C12H13ClO4. The number of hydrogen-bond donors (Lipinski definition) is 0. The maximum atomic E-state index is 11.6. The van der Waals surface area contributed by atoms with E-state index in [9.17, 15) is 9.59 Å². The zero-order valence-corrected chi connectivity index (χ0v) is 10.3. The molecule has 0 atom stereocenters. The second-order valence-corrected chi connectivity index (χ2v) is 3.82. The Hall–Kier alpha value is -1.55. The van der Waals surface area contributed by atoms with Gasteiger partial charge in [0, 0.05) is 5.57 Å². The lowest BCUT2D eigenvalue weighted by Gasteiger charge is -2.13. The topological polar surface area (TPSA) is 52.6 Å². The number of ether oxygens (including phenoxy) is 2. The fraction of sp³-hybridized carbons (Fsp3) is 0.333. The summed E-state index contributed by atoms with van der Waals surface area (Å²) in [6, 6.07) is 0. The first-order chi connectivity index (χ1) is 8.04. The van der Waals surface area contributed by atoms with Crippen LogP contribution in [0.3, 0.4) is 0 Å². The molecule has 0 spiro atoms. The number of carbonyl (C=O) groups excluding carboxylic acids is 2. The standard InChI is InChI=1S/C12H13ClO4/c1-8-5-9(2)12(15)10(6-8)17-7-11(14)16-4-3-13/h5-6H,1,3-4,7H2,2H3. The number of rotatable bonds is 5. The third kappa shape index (κ3) is 4.07. The van der Waals surface area contributed by atoms with Crippen LogP contribution in [-0.4, -0.2) is 30.8 Å². The van der Waals surface area contributed by atoms with Crippen molar-refractivity contribution < 1.29 is 19.1 Å². The van der Waals surface area contributed by atoms with E-state index in [1.54, 1.807) is 13.0 Å².